The largest absolute Gasteiger partial charge is 0.481 e. The monoisotopic (exact) mass is 261 g/mol. The van der Waals surface area contributed by atoms with Gasteiger partial charge in [-0.1, -0.05) is 18.9 Å². The average Bonchev–Trinajstić information content (AvgIpc) is 2.86. The minimum atomic E-state index is -0.442. The van der Waals surface area contributed by atoms with Crippen LogP contribution in [0.4, 0.5) is 0 Å². The van der Waals surface area contributed by atoms with Crippen molar-refractivity contribution in [1.29, 1.82) is 0 Å². The highest BCUT2D eigenvalue weighted by Crippen LogP contribution is 2.19. The molecule has 0 spiro atoms. The summed E-state index contributed by atoms with van der Waals surface area (Å²) in [7, 11) is 0. The number of benzene rings is 1. The van der Waals surface area contributed by atoms with E-state index in [4.69, 9.17) is 4.74 Å². The van der Waals surface area contributed by atoms with Crippen LogP contribution >= 0.6 is 0 Å². The maximum absolute atomic E-state index is 12.0. The Balaban J connectivity index is 1.90. The molecule has 0 heterocycles. The van der Waals surface area contributed by atoms with Crippen LogP contribution in [0.1, 0.15) is 43.7 Å². The summed E-state index contributed by atoms with van der Waals surface area (Å²) in [6, 6.07) is 6.26. The number of nitrogens with one attached hydrogen (secondary N) is 1. The fourth-order valence-electron chi connectivity index (χ4n) is 2.43. The highest BCUT2D eigenvalue weighted by atomic mass is 16.5. The average molecular weight is 261 g/mol. The summed E-state index contributed by atoms with van der Waals surface area (Å²) in [6.45, 7) is 5.92. The minimum Gasteiger partial charge on any atom is -0.481 e. The Morgan fingerprint density at radius 3 is 2.58 bits per heavy atom. The lowest BCUT2D eigenvalue weighted by atomic mass is 10.1. The molecule has 0 aromatic heterocycles. The number of rotatable bonds is 4. The summed E-state index contributed by atoms with van der Waals surface area (Å²) in [6.07, 6.45) is 4.20. The van der Waals surface area contributed by atoms with Crippen LogP contribution in [0.15, 0.2) is 18.2 Å². The second kappa shape index (κ2) is 6.09. The molecule has 1 saturated carbocycles. The first-order valence-electron chi connectivity index (χ1n) is 7.10. The molecule has 0 aliphatic heterocycles. The molecule has 1 aliphatic carbocycles. The van der Waals surface area contributed by atoms with Gasteiger partial charge in [-0.3, -0.25) is 4.79 Å². The Labute approximate surface area is 115 Å². The molecular weight excluding hydrogens is 238 g/mol. The zero-order valence-corrected chi connectivity index (χ0v) is 12.0. The standard InChI is InChI=1S/C16H23NO2/c1-11-8-9-15(10-12(11)2)19-13(3)16(18)17-14-6-4-5-7-14/h8-10,13-14H,4-7H2,1-3H3,(H,17,18)/t13-/m0/s1. The summed E-state index contributed by atoms with van der Waals surface area (Å²) < 4.78 is 5.71. The normalized spacial score (nSPS) is 17.2. The zero-order valence-electron chi connectivity index (χ0n) is 12.0. The van der Waals surface area contributed by atoms with E-state index in [0.29, 0.717) is 6.04 Å². The van der Waals surface area contributed by atoms with E-state index in [2.05, 4.69) is 12.2 Å². The summed E-state index contributed by atoms with van der Waals surface area (Å²) >= 11 is 0. The molecule has 2 rings (SSSR count). The van der Waals surface area contributed by atoms with Gasteiger partial charge in [-0.05, 0) is 56.9 Å². The Morgan fingerprint density at radius 2 is 1.95 bits per heavy atom. The summed E-state index contributed by atoms with van der Waals surface area (Å²) in [4.78, 5) is 12.0. The van der Waals surface area contributed by atoms with E-state index in [9.17, 15) is 4.79 Å². The van der Waals surface area contributed by atoms with Crippen LogP contribution in [0.2, 0.25) is 0 Å². The van der Waals surface area contributed by atoms with E-state index in [1.165, 1.54) is 24.0 Å². The van der Waals surface area contributed by atoms with Crippen LogP contribution in [-0.4, -0.2) is 18.1 Å². The molecule has 1 fully saturated rings. The fourth-order valence-corrected chi connectivity index (χ4v) is 2.43. The van der Waals surface area contributed by atoms with Crippen molar-refractivity contribution in [3.8, 4) is 5.75 Å². The number of hydrogen-bond donors (Lipinski definition) is 1. The number of amides is 1. The van der Waals surface area contributed by atoms with Crippen LogP contribution in [0, 0.1) is 13.8 Å². The van der Waals surface area contributed by atoms with Gasteiger partial charge in [0.15, 0.2) is 6.10 Å². The van der Waals surface area contributed by atoms with Gasteiger partial charge in [-0.2, -0.15) is 0 Å². The first-order chi connectivity index (χ1) is 9.06. The van der Waals surface area contributed by atoms with E-state index in [-0.39, 0.29) is 5.91 Å². The van der Waals surface area contributed by atoms with Gasteiger partial charge in [0.05, 0.1) is 0 Å². The topological polar surface area (TPSA) is 38.3 Å². The van der Waals surface area contributed by atoms with Crippen molar-refractivity contribution in [1.82, 2.24) is 5.32 Å². The molecular formula is C16H23NO2. The van der Waals surface area contributed by atoms with Gasteiger partial charge in [0.25, 0.3) is 5.91 Å². The maximum Gasteiger partial charge on any atom is 0.260 e. The first kappa shape index (κ1) is 13.9. The molecule has 1 aliphatic rings. The fraction of sp³-hybridized carbons (Fsp3) is 0.562. The van der Waals surface area contributed by atoms with Crippen molar-refractivity contribution in [2.24, 2.45) is 0 Å². The Kier molecular flexibility index (Phi) is 4.46. The lowest BCUT2D eigenvalue weighted by molar-refractivity contribution is -0.127. The first-order valence-corrected chi connectivity index (χ1v) is 7.10. The van der Waals surface area contributed by atoms with Crippen LogP contribution < -0.4 is 10.1 Å². The molecule has 1 aromatic carbocycles. The molecule has 3 nitrogen and oxygen atoms in total. The van der Waals surface area contributed by atoms with E-state index in [1.54, 1.807) is 6.92 Å². The molecule has 0 radical (unpaired) electrons. The summed E-state index contributed by atoms with van der Waals surface area (Å²) in [5, 5.41) is 3.06. The van der Waals surface area contributed by atoms with Crippen molar-refractivity contribution < 1.29 is 9.53 Å². The van der Waals surface area contributed by atoms with Crippen molar-refractivity contribution >= 4 is 5.91 Å². The number of ether oxygens (including phenoxy) is 1. The maximum atomic E-state index is 12.0. The highest BCUT2D eigenvalue weighted by Gasteiger charge is 2.21. The molecule has 3 heteroatoms. The number of carbonyl (C=O) groups is 1. The van der Waals surface area contributed by atoms with Gasteiger partial charge < -0.3 is 10.1 Å². The smallest absolute Gasteiger partial charge is 0.260 e. The van der Waals surface area contributed by atoms with Crippen LogP contribution in [0.5, 0.6) is 5.75 Å². The Morgan fingerprint density at radius 1 is 1.26 bits per heavy atom. The van der Waals surface area contributed by atoms with Crippen molar-refractivity contribution in [3.05, 3.63) is 29.3 Å². The third-order valence-corrected chi connectivity index (χ3v) is 3.86. The van der Waals surface area contributed by atoms with Crippen molar-refractivity contribution in [2.75, 3.05) is 0 Å². The molecule has 0 saturated heterocycles. The SMILES string of the molecule is Cc1ccc(O[C@@H](C)C(=O)NC2CCCC2)cc1C. The molecule has 1 N–H and O–H groups in total. The van der Waals surface area contributed by atoms with E-state index < -0.39 is 6.10 Å². The van der Waals surface area contributed by atoms with Crippen molar-refractivity contribution in [3.63, 3.8) is 0 Å². The van der Waals surface area contributed by atoms with Gasteiger partial charge in [0, 0.05) is 6.04 Å². The second-order valence-electron chi connectivity index (χ2n) is 5.50. The van der Waals surface area contributed by atoms with E-state index in [0.717, 1.165) is 18.6 Å². The van der Waals surface area contributed by atoms with E-state index in [1.807, 2.05) is 25.1 Å². The number of carbonyl (C=O) groups excluding carboxylic acids is 1. The van der Waals surface area contributed by atoms with Gasteiger partial charge >= 0.3 is 0 Å². The predicted molar refractivity (Wildman–Crippen MR) is 76.4 cm³/mol. The minimum absolute atomic E-state index is 0.00914. The van der Waals surface area contributed by atoms with Crippen LogP contribution in [-0.2, 0) is 4.79 Å². The lowest BCUT2D eigenvalue weighted by Gasteiger charge is -2.18. The Bertz CT molecular complexity index is 450. The van der Waals surface area contributed by atoms with Gasteiger partial charge in [-0.15, -0.1) is 0 Å². The lowest BCUT2D eigenvalue weighted by Crippen LogP contribution is -2.41. The molecule has 104 valence electrons. The zero-order chi connectivity index (χ0) is 13.8. The van der Waals surface area contributed by atoms with Crippen LogP contribution in [0.3, 0.4) is 0 Å². The van der Waals surface area contributed by atoms with Gasteiger partial charge in [-0.25, -0.2) is 0 Å². The molecule has 19 heavy (non-hydrogen) atoms. The Hall–Kier alpha value is -1.51. The highest BCUT2D eigenvalue weighted by molar-refractivity contribution is 5.81. The molecule has 0 unspecified atom stereocenters. The van der Waals surface area contributed by atoms with E-state index >= 15 is 0 Å². The third-order valence-electron chi connectivity index (χ3n) is 3.86. The predicted octanol–water partition coefficient (Wildman–Crippen LogP) is 3.13. The number of aryl methyl sites for hydroxylation is 2. The summed E-state index contributed by atoms with van der Waals surface area (Å²) in [5.41, 5.74) is 2.41. The molecule has 0 bridgehead atoms. The van der Waals surface area contributed by atoms with Crippen LogP contribution in [0.25, 0.3) is 0 Å². The second-order valence-corrected chi connectivity index (χ2v) is 5.50. The van der Waals surface area contributed by atoms with Gasteiger partial charge in [0.1, 0.15) is 5.75 Å². The van der Waals surface area contributed by atoms with Gasteiger partial charge in [0.2, 0.25) is 0 Å². The quantitative estimate of drug-likeness (QED) is 0.904. The summed E-state index contributed by atoms with van der Waals surface area (Å²) in [5.74, 6) is 0.752. The van der Waals surface area contributed by atoms with Crippen molar-refractivity contribution in [2.45, 2.75) is 58.6 Å². The molecule has 1 aromatic rings. The number of hydrogen-bond acceptors (Lipinski definition) is 2. The molecule has 1 atom stereocenters. The third kappa shape index (κ3) is 3.72. The molecule has 1 amide bonds.